The first-order valence-corrected chi connectivity index (χ1v) is 26.0. The van der Waals surface area contributed by atoms with E-state index in [1.165, 1.54) is 16.7 Å². The smallest absolute Gasteiger partial charge is 0.204 e. The van der Waals surface area contributed by atoms with Gasteiger partial charge in [0.1, 0.15) is 24.0 Å². The van der Waals surface area contributed by atoms with Crippen molar-refractivity contribution in [1.82, 2.24) is 9.55 Å². The van der Waals surface area contributed by atoms with Crippen LogP contribution in [-0.2, 0) is 16.2 Å². The largest absolute Gasteiger partial charge is 0.457 e. The average molecular weight is 987 g/mol. The third-order valence-corrected chi connectivity index (χ3v) is 15.7. The van der Waals surface area contributed by atoms with E-state index in [2.05, 4.69) is 173 Å². The number of hydrogen-bond acceptors (Lipinski definition) is 5. The summed E-state index contributed by atoms with van der Waals surface area (Å²) in [6, 6.07) is 48.1. The highest BCUT2D eigenvalue weighted by Gasteiger charge is 2.32. The number of hydrogen-bond donors (Lipinski definition) is 0. The lowest BCUT2D eigenvalue weighted by Crippen LogP contribution is -2.25. The van der Waals surface area contributed by atoms with Crippen LogP contribution in [0.15, 0.2) is 182 Å². The number of pyridine rings is 1. The number of fused-ring (bicyclic) bond motifs is 8. The summed E-state index contributed by atoms with van der Waals surface area (Å²) >= 11 is 1.67. The summed E-state index contributed by atoms with van der Waals surface area (Å²) in [7, 11) is 0. The molecular formula is C67H59N5OS. The maximum Gasteiger partial charge on any atom is 0.204 e. The van der Waals surface area contributed by atoms with Gasteiger partial charge < -0.3 is 14.5 Å². The van der Waals surface area contributed by atoms with Crippen LogP contribution in [0, 0.1) is 6.57 Å². The molecule has 0 radical (unpaired) electrons. The SMILES string of the molecule is [2H]c1c([2H])c([2H])c(-c2cccc(-c3cc(C(C)(C)C)cc(C(C)(C)C)c3)c2N2CN(c3cccc(Oc4ccc5c6c7sc8c([N+]#[C-])cccc8c7ccc6n(-c6cc(C(C)(C)C)ccn6)c5c4)c3)c3ccccc32)c([2H])c1[2H]. The molecule has 0 fully saturated rings. The Morgan fingerprint density at radius 1 is 0.568 bits per heavy atom. The highest BCUT2D eigenvalue weighted by atomic mass is 32.1. The number of aromatic nitrogens is 2. The second kappa shape index (κ2) is 17.5. The van der Waals surface area contributed by atoms with E-state index in [1.807, 2.05) is 60.8 Å². The molecule has 0 saturated carbocycles. The number of benzene rings is 8. The highest BCUT2D eigenvalue weighted by molar-refractivity contribution is 7.27. The second-order valence-corrected chi connectivity index (χ2v) is 23.5. The standard InChI is InChI=1S/C67H59N5OS/c1-65(2,3)44-33-34-69-60(38-44)72-58-32-31-53-52-25-18-26-55(68-10)63(52)74-64(53)61(58)54-30-29-49(40-59(54)72)73-48-22-16-21-47(39-48)70-41-71(57-28-15-14-27-56(57)70)62-50(42-19-12-11-13-20-42)23-17-24-51(62)43-35-45(66(4,5)6)37-46(36-43)67(7,8)9/h11-40H,41H2,1-9H3/i11D,12D,13D,19D,20D. The molecule has 7 heteroatoms. The topological polar surface area (TPSA) is 37.9 Å². The molecule has 0 amide bonds. The van der Waals surface area contributed by atoms with Crippen molar-refractivity contribution >= 4 is 81.8 Å². The van der Waals surface area contributed by atoms with Crippen molar-refractivity contribution in [1.29, 1.82) is 0 Å². The van der Waals surface area contributed by atoms with Crippen molar-refractivity contribution in [2.75, 3.05) is 16.5 Å². The fourth-order valence-corrected chi connectivity index (χ4v) is 11.8. The molecule has 0 bridgehead atoms. The Bertz CT molecular complexity index is 4320. The molecule has 0 atom stereocenters. The maximum absolute atomic E-state index is 9.28. The number of rotatable bonds is 7. The van der Waals surface area contributed by atoms with E-state index in [-0.39, 0.29) is 46.0 Å². The Labute approximate surface area is 445 Å². The van der Waals surface area contributed by atoms with Gasteiger partial charge in [0.2, 0.25) is 5.69 Å². The summed E-state index contributed by atoms with van der Waals surface area (Å²) < 4.78 is 55.9. The van der Waals surface area contributed by atoms with Crippen LogP contribution < -0.4 is 14.5 Å². The van der Waals surface area contributed by atoms with Gasteiger partial charge in [-0.1, -0.05) is 171 Å². The van der Waals surface area contributed by atoms with Gasteiger partial charge in [0, 0.05) is 55.3 Å². The first kappa shape index (κ1) is 41.3. The maximum atomic E-state index is 9.28. The summed E-state index contributed by atoms with van der Waals surface area (Å²) in [4.78, 5) is 13.3. The van der Waals surface area contributed by atoms with E-state index in [1.54, 1.807) is 11.3 Å². The van der Waals surface area contributed by atoms with Crippen LogP contribution in [-0.4, -0.2) is 16.2 Å². The van der Waals surface area contributed by atoms with Crippen LogP contribution in [0.5, 0.6) is 11.5 Å². The fraction of sp³-hybridized carbons (Fsp3) is 0.194. The number of anilines is 4. The number of thiophene rings is 1. The Balaban J connectivity index is 0.991. The molecule has 1 aliphatic rings. The van der Waals surface area contributed by atoms with Crippen molar-refractivity contribution in [2.45, 2.75) is 78.6 Å². The van der Waals surface area contributed by atoms with Gasteiger partial charge in [0.25, 0.3) is 0 Å². The predicted molar refractivity (Wildman–Crippen MR) is 313 cm³/mol. The molecule has 0 spiro atoms. The van der Waals surface area contributed by atoms with E-state index in [0.29, 0.717) is 29.4 Å². The first-order chi connectivity index (χ1) is 37.6. The minimum atomic E-state index is -0.431. The van der Waals surface area contributed by atoms with Gasteiger partial charge >= 0.3 is 0 Å². The van der Waals surface area contributed by atoms with Gasteiger partial charge in [-0.2, -0.15) is 0 Å². The van der Waals surface area contributed by atoms with Crippen molar-refractivity contribution in [3.05, 3.63) is 210 Å². The van der Waals surface area contributed by atoms with Crippen molar-refractivity contribution in [3.8, 4) is 39.6 Å². The molecule has 4 heterocycles. The van der Waals surface area contributed by atoms with Gasteiger partial charge in [-0.3, -0.25) is 4.57 Å². The first-order valence-electron chi connectivity index (χ1n) is 27.7. The molecule has 364 valence electrons. The molecule has 0 aliphatic carbocycles. The zero-order chi connectivity index (χ0) is 55.6. The summed E-state index contributed by atoms with van der Waals surface area (Å²) in [6.45, 7) is 28.2. The Hall–Kier alpha value is -8.18. The fourth-order valence-electron chi connectivity index (χ4n) is 10.5. The van der Waals surface area contributed by atoms with E-state index in [0.717, 1.165) is 81.7 Å². The lowest BCUT2D eigenvalue weighted by molar-refractivity contribution is 0.483. The van der Waals surface area contributed by atoms with E-state index < -0.39 is 6.04 Å². The molecule has 11 aromatic rings. The third kappa shape index (κ3) is 8.06. The van der Waals surface area contributed by atoms with Crippen LogP contribution in [0.4, 0.5) is 28.4 Å². The molecule has 0 N–H and O–H groups in total. The molecule has 6 nitrogen and oxygen atoms in total. The van der Waals surface area contributed by atoms with Crippen molar-refractivity contribution in [3.63, 3.8) is 0 Å². The molecule has 12 rings (SSSR count). The average Bonchev–Trinajstić information content (AvgIpc) is 3.94. The zero-order valence-electron chi connectivity index (χ0n) is 48.2. The van der Waals surface area contributed by atoms with Gasteiger partial charge in [0.05, 0.1) is 41.5 Å². The van der Waals surface area contributed by atoms with Gasteiger partial charge in [-0.25, -0.2) is 9.83 Å². The van der Waals surface area contributed by atoms with Crippen LogP contribution in [0.25, 0.3) is 74.9 Å². The summed E-state index contributed by atoms with van der Waals surface area (Å²) in [5.41, 5.74) is 11.6. The summed E-state index contributed by atoms with van der Waals surface area (Å²) in [5.74, 6) is 2.09. The molecular weight excluding hydrogens is 923 g/mol. The van der Waals surface area contributed by atoms with Crippen molar-refractivity contribution < 1.29 is 11.6 Å². The summed E-state index contributed by atoms with van der Waals surface area (Å²) in [6.07, 6.45) is 1.89. The monoisotopic (exact) mass is 986 g/mol. The Morgan fingerprint density at radius 2 is 1.22 bits per heavy atom. The molecule has 8 aromatic carbocycles. The minimum Gasteiger partial charge on any atom is -0.457 e. The zero-order valence-corrected chi connectivity index (χ0v) is 44.0. The predicted octanol–water partition coefficient (Wildman–Crippen LogP) is 19.4. The quantitative estimate of drug-likeness (QED) is 0.149. The van der Waals surface area contributed by atoms with Crippen LogP contribution in [0.1, 0.15) is 85.9 Å². The van der Waals surface area contributed by atoms with Crippen LogP contribution in [0.2, 0.25) is 0 Å². The number of ether oxygens (including phenoxy) is 1. The molecule has 1 aliphatic heterocycles. The van der Waals surface area contributed by atoms with Gasteiger partial charge in [-0.15, -0.1) is 11.3 Å². The third-order valence-electron chi connectivity index (χ3n) is 14.5. The minimum absolute atomic E-state index is 0.109. The molecule has 3 aromatic heterocycles. The Morgan fingerprint density at radius 3 is 1.93 bits per heavy atom. The molecule has 0 saturated heterocycles. The highest BCUT2D eigenvalue weighted by Crippen LogP contribution is 2.52. The summed E-state index contributed by atoms with van der Waals surface area (Å²) in [5, 5.41) is 4.35. The van der Waals surface area contributed by atoms with E-state index >= 15 is 0 Å². The normalized spacial score (nSPS) is 14.0. The lowest BCUT2D eigenvalue weighted by Gasteiger charge is -2.29. The van der Waals surface area contributed by atoms with Crippen LogP contribution >= 0.6 is 11.3 Å². The van der Waals surface area contributed by atoms with Crippen LogP contribution in [0.3, 0.4) is 0 Å². The van der Waals surface area contributed by atoms with E-state index in [4.69, 9.17) is 20.4 Å². The van der Waals surface area contributed by atoms with Gasteiger partial charge in [-0.05, 0) is 109 Å². The van der Waals surface area contributed by atoms with E-state index in [9.17, 15) is 2.74 Å². The molecule has 0 unspecified atom stereocenters. The Kier molecular flexibility index (Phi) is 9.77. The lowest BCUT2D eigenvalue weighted by atomic mass is 9.78. The number of nitrogens with zero attached hydrogens (tertiary/aromatic N) is 5. The molecule has 74 heavy (non-hydrogen) atoms. The van der Waals surface area contributed by atoms with Crippen molar-refractivity contribution in [2.24, 2.45) is 0 Å². The van der Waals surface area contributed by atoms with Gasteiger partial charge in [0.15, 0.2) is 0 Å². The number of para-hydroxylation sites is 3. The second-order valence-electron chi connectivity index (χ2n) is 22.5.